The van der Waals surface area contributed by atoms with Gasteiger partial charge in [-0.25, -0.2) is 0 Å². The summed E-state index contributed by atoms with van der Waals surface area (Å²) >= 11 is 3.61. The smallest absolute Gasteiger partial charge is 0.119 e. The van der Waals surface area contributed by atoms with Crippen molar-refractivity contribution >= 4 is 26.8 Å². The summed E-state index contributed by atoms with van der Waals surface area (Å²) in [5.41, 5.74) is 5.29. The number of nitrogens with zero attached hydrogens (tertiary/aromatic N) is 1. The van der Waals surface area contributed by atoms with E-state index in [1.807, 2.05) is 12.1 Å². The summed E-state index contributed by atoms with van der Waals surface area (Å²) in [6, 6.07) is 14.8. The number of H-pyrrole nitrogens is 1. The number of aliphatic hydroxyl groups is 1. The minimum Gasteiger partial charge on any atom is -0.491 e. The largest absolute Gasteiger partial charge is 0.491 e. The van der Waals surface area contributed by atoms with Gasteiger partial charge in [0.15, 0.2) is 0 Å². The van der Waals surface area contributed by atoms with Crippen LogP contribution < -0.4 is 4.74 Å². The van der Waals surface area contributed by atoms with Crippen LogP contribution >= 0.6 is 15.9 Å². The van der Waals surface area contributed by atoms with Crippen LogP contribution in [0.2, 0.25) is 0 Å². The van der Waals surface area contributed by atoms with Crippen LogP contribution in [0.25, 0.3) is 10.9 Å². The number of halogens is 1. The number of aromatic nitrogens is 1. The monoisotopic (exact) mass is 530 g/mol. The first-order valence-electron chi connectivity index (χ1n) is 12.0. The van der Waals surface area contributed by atoms with Crippen molar-refractivity contribution in [2.75, 3.05) is 53.7 Å². The third-order valence-corrected chi connectivity index (χ3v) is 7.08. The van der Waals surface area contributed by atoms with Crippen molar-refractivity contribution in [2.45, 2.75) is 31.3 Å². The molecule has 2 N–H and O–H groups in total. The number of benzene rings is 2. The van der Waals surface area contributed by atoms with Gasteiger partial charge in [0.2, 0.25) is 0 Å². The Morgan fingerprint density at radius 1 is 1.09 bits per heavy atom. The molecule has 3 aromatic rings. The van der Waals surface area contributed by atoms with Crippen molar-refractivity contribution in [2.24, 2.45) is 0 Å². The molecule has 1 heterocycles. The molecule has 0 radical (unpaired) electrons. The van der Waals surface area contributed by atoms with E-state index in [2.05, 4.69) is 56.1 Å². The minimum absolute atomic E-state index is 0.250. The molecule has 6 nitrogen and oxygen atoms in total. The first-order chi connectivity index (χ1) is 16.6. The lowest BCUT2D eigenvalue weighted by molar-refractivity contribution is 0.0460. The van der Waals surface area contributed by atoms with Gasteiger partial charge in [-0.15, -0.1) is 0 Å². The van der Waals surface area contributed by atoms with Gasteiger partial charge in [-0.3, -0.25) is 4.90 Å². The zero-order valence-corrected chi connectivity index (χ0v) is 21.6. The predicted octanol–water partition coefficient (Wildman–Crippen LogP) is 4.73. The molecule has 0 amide bonds. The topological polar surface area (TPSA) is 67.0 Å². The molecular weight excluding hydrogens is 496 g/mol. The molecule has 0 bridgehead atoms. The van der Waals surface area contributed by atoms with Gasteiger partial charge >= 0.3 is 0 Å². The summed E-state index contributed by atoms with van der Waals surface area (Å²) < 4.78 is 17.4. The molecule has 0 fully saturated rings. The van der Waals surface area contributed by atoms with E-state index in [1.54, 1.807) is 14.2 Å². The molecule has 0 saturated heterocycles. The van der Waals surface area contributed by atoms with Crippen LogP contribution in [-0.4, -0.2) is 74.8 Å². The summed E-state index contributed by atoms with van der Waals surface area (Å²) in [6.07, 6.45) is 2.86. The SMILES string of the molecule is COCCN(CCOC)CC(O)COc1ccc(C2CCCc3c2[nH]c2ccc(Br)cc32)cc1. The third-order valence-electron chi connectivity index (χ3n) is 6.59. The van der Waals surface area contributed by atoms with E-state index in [0.717, 1.165) is 36.2 Å². The summed E-state index contributed by atoms with van der Waals surface area (Å²) in [7, 11) is 3.37. The zero-order chi connectivity index (χ0) is 23.9. The maximum Gasteiger partial charge on any atom is 0.119 e. The van der Waals surface area contributed by atoms with Gasteiger partial charge in [-0.2, -0.15) is 0 Å². The van der Waals surface area contributed by atoms with E-state index in [4.69, 9.17) is 14.2 Å². The molecule has 0 spiro atoms. The van der Waals surface area contributed by atoms with E-state index in [9.17, 15) is 5.11 Å². The first-order valence-corrected chi connectivity index (χ1v) is 12.8. The molecule has 184 valence electrons. The van der Waals surface area contributed by atoms with Crippen LogP contribution in [0.3, 0.4) is 0 Å². The Balaban J connectivity index is 1.37. The second-order valence-corrected chi connectivity index (χ2v) is 9.89. The van der Waals surface area contributed by atoms with Crippen LogP contribution in [0.1, 0.15) is 35.6 Å². The van der Waals surface area contributed by atoms with Crippen molar-refractivity contribution in [3.05, 3.63) is 63.8 Å². The number of aliphatic hydroxyl groups excluding tert-OH is 1. The maximum absolute atomic E-state index is 10.5. The lowest BCUT2D eigenvalue weighted by atomic mass is 9.82. The summed E-state index contributed by atoms with van der Waals surface area (Å²) in [6.45, 7) is 3.51. The van der Waals surface area contributed by atoms with Crippen LogP contribution in [-0.2, 0) is 15.9 Å². The summed E-state index contributed by atoms with van der Waals surface area (Å²) in [5, 5.41) is 11.8. The lowest BCUT2D eigenvalue weighted by Crippen LogP contribution is -2.39. The lowest BCUT2D eigenvalue weighted by Gasteiger charge is -2.25. The van der Waals surface area contributed by atoms with E-state index in [-0.39, 0.29) is 6.61 Å². The molecule has 1 aliphatic rings. The number of aryl methyl sites for hydroxylation is 1. The van der Waals surface area contributed by atoms with E-state index in [1.165, 1.54) is 34.1 Å². The average Bonchev–Trinajstić information content (AvgIpc) is 3.22. The Kier molecular flexibility index (Phi) is 9.03. The summed E-state index contributed by atoms with van der Waals surface area (Å²) in [5.74, 6) is 1.14. The number of aromatic amines is 1. The molecule has 34 heavy (non-hydrogen) atoms. The van der Waals surface area contributed by atoms with Crippen LogP contribution in [0.5, 0.6) is 5.75 Å². The van der Waals surface area contributed by atoms with Crippen LogP contribution in [0, 0.1) is 0 Å². The van der Waals surface area contributed by atoms with Crippen molar-refractivity contribution in [3.63, 3.8) is 0 Å². The highest BCUT2D eigenvalue weighted by Crippen LogP contribution is 2.40. The third kappa shape index (κ3) is 6.20. The van der Waals surface area contributed by atoms with Gasteiger partial charge in [0.05, 0.1) is 13.2 Å². The fourth-order valence-electron chi connectivity index (χ4n) is 4.84. The highest BCUT2D eigenvalue weighted by molar-refractivity contribution is 9.10. The van der Waals surface area contributed by atoms with E-state index in [0.29, 0.717) is 25.7 Å². The first kappa shape index (κ1) is 25.2. The van der Waals surface area contributed by atoms with E-state index < -0.39 is 6.10 Å². The van der Waals surface area contributed by atoms with Crippen LogP contribution in [0.15, 0.2) is 46.9 Å². The van der Waals surface area contributed by atoms with Crippen molar-refractivity contribution in [3.8, 4) is 5.75 Å². The number of fused-ring (bicyclic) bond motifs is 3. The van der Waals surface area contributed by atoms with Gasteiger partial charge in [0.1, 0.15) is 18.5 Å². The second-order valence-electron chi connectivity index (χ2n) is 8.97. The molecule has 0 saturated carbocycles. The number of rotatable bonds is 12. The van der Waals surface area contributed by atoms with Gasteiger partial charge in [0.25, 0.3) is 0 Å². The molecule has 4 rings (SSSR count). The summed E-state index contributed by atoms with van der Waals surface area (Å²) in [4.78, 5) is 5.81. The number of ether oxygens (including phenoxy) is 3. The molecule has 0 aliphatic heterocycles. The Hall–Kier alpha value is -1.90. The maximum atomic E-state index is 10.5. The Morgan fingerprint density at radius 3 is 2.53 bits per heavy atom. The number of hydrogen-bond acceptors (Lipinski definition) is 5. The van der Waals surface area contributed by atoms with Crippen molar-refractivity contribution in [1.29, 1.82) is 0 Å². The Morgan fingerprint density at radius 2 is 1.82 bits per heavy atom. The van der Waals surface area contributed by atoms with E-state index >= 15 is 0 Å². The Bertz CT molecular complexity index is 1040. The molecule has 7 heteroatoms. The number of methoxy groups -OCH3 is 2. The fourth-order valence-corrected chi connectivity index (χ4v) is 5.20. The zero-order valence-electron chi connectivity index (χ0n) is 20.1. The molecular formula is C27H35BrN2O4. The van der Waals surface area contributed by atoms with Gasteiger partial charge in [-0.1, -0.05) is 28.1 Å². The quantitative estimate of drug-likeness (QED) is 0.354. The average molecular weight is 531 g/mol. The standard InChI is InChI=1S/C27H35BrN2O4/c1-32-14-12-30(13-15-33-2)17-21(31)18-34-22-9-6-19(7-10-22)23-4-3-5-24-25-16-20(28)8-11-26(25)29-27(23)24/h6-11,16,21,23,29,31H,3-5,12-15,17-18H2,1-2H3. The normalized spacial score (nSPS) is 16.7. The molecule has 1 aliphatic carbocycles. The number of hydrogen-bond donors (Lipinski definition) is 2. The molecule has 2 unspecified atom stereocenters. The second kappa shape index (κ2) is 12.2. The van der Waals surface area contributed by atoms with Crippen LogP contribution in [0.4, 0.5) is 0 Å². The van der Waals surface area contributed by atoms with Gasteiger partial charge < -0.3 is 24.3 Å². The van der Waals surface area contributed by atoms with Crippen molar-refractivity contribution in [1.82, 2.24) is 9.88 Å². The van der Waals surface area contributed by atoms with Gasteiger partial charge in [0, 0.05) is 60.8 Å². The molecule has 2 atom stereocenters. The fraction of sp³-hybridized carbons (Fsp3) is 0.481. The van der Waals surface area contributed by atoms with Crippen molar-refractivity contribution < 1.29 is 19.3 Å². The molecule has 1 aromatic heterocycles. The Labute approximate surface area is 210 Å². The van der Waals surface area contributed by atoms with Gasteiger partial charge in [-0.05, 0) is 60.7 Å². The predicted molar refractivity (Wildman–Crippen MR) is 139 cm³/mol. The highest BCUT2D eigenvalue weighted by Gasteiger charge is 2.25. The number of nitrogens with one attached hydrogen (secondary N) is 1. The molecule has 2 aromatic carbocycles. The highest BCUT2D eigenvalue weighted by atomic mass is 79.9. The minimum atomic E-state index is -0.583.